The summed E-state index contributed by atoms with van der Waals surface area (Å²) in [6.07, 6.45) is 5.35. The van der Waals surface area contributed by atoms with E-state index in [0.29, 0.717) is 5.41 Å². The van der Waals surface area contributed by atoms with Crippen LogP contribution in [0.1, 0.15) is 52.9 Å². The van der Waals surface area contributed by atoms with Gasteiger partial charge in [0, 0.05) is 6.54 Å². The van der Waals surface area contributed by atoms with Crippen LogP contribution in [0.15, 0.2) is 0 Å². The van der Waals surface area contributed by atoms with Crippen LogP contribution in [0, 0.1) is 5.41 Å². The smallest absolute Gasteiger partial charge is 0.0772 e. The Morgan fingerprint density at radius 2 is 1.71 bits per heavy atom. The molecular weight excluding hydrogens is 174 g/mol. The van der Waals surface area contributed by atoms with Crippen LogP contribution in [0.5, 0.6) is 0 Å². The number of rotatable bonds is 4. The zero-order valence-corrected chi connectivity index (χ0v) is 9.90. The fourth-order valence-electron chi connectivity index (χ4n) is 2.07. The summed E-state index contributed by atoms with van der Waals surface area (Å²) < 4.78 is 0. The van der Waals surface area contributed by atoms with Gasteiger partial charge in [-0.2, -0.15) is 0 Å². The van der Waals surface area contributed by atoms with Crippen molar-refractivity contribution in [1.82, 2.24) is 5.32 Å². The lowest BCUT2D eigenvalue weighted by Gasteiger charge is -2.40. The van der Waals surface area contributed by atoms with Gasteiger partial charge in [-0.15, -0.1) is 0 Å². The van der Waals surface area contributed by atoms with Gasteiger partial charge in [0.2, 0.25) is 0 Å². The second kappa shape index (κ2) is 4.63. The van der Waals surface area contributed by atoms with E-state index in [1.165, 1.54) is 0 Å². The molecule has 2 N–H and O–H groups in total. The average molecular weight is 199 g/mol. The predicted molar refractivity (Wildman–Crippen MR) is 60.4 cm³/mol. The molecule has 2 heteroatoms. The Kier molecular flexibility index (Phi) is 3.96. The number of nitrogens with one attached hydrogen (secondary N) is 1. The first-order valence-electron chi connectivity index (χ1n) is 5.91. The topological polar surface area (TPSA) is 32.3 Å². The molecule has 1 fully saturated rings. The molecule has 1 aliphatic rings. The van der Waals surface area contributed by atoms with Crippen molar-refractivity contribution in [3.63, 3.8) is 0 Å². The van der Waals surface area contributed by atoms with E-state index >= 15 is 0 Å². The Bertz CT molecular complexity index is 167. The Morgan fingerprint density at radius 3 is 2.21 bits per heavy atom. The highest BCUT2D eigenvalue weighted by atomic mass is 16.3. The van der Waals surface area contributed by atoms with Gasteiger partial charge in [-0.3, -0.25) is 0 Å². The molecular formula is C12H25NO. The fourth-order valence-corrected chi connectivity index (χ4v) is 2.07. The summed E-state index contributed by atoms with van der Waals surface area (Å²) in [5, 5.41) is 13.6. The molecule has 2 nitrogen and oxygen atoms in total. The Labute approximate surface area is 88.1 Å². The van der Waals surface area contributed by atoms with Crippen LogP contribution in [0.25, 0.3) is 0 Å². The van der Waals surface area contributed by atoms with Crippen LogP contribution in [0.3, 0.4) is 0 Å². The second-order valence-corrected chi connectivity index (χ2v) is 5.57. The lowest BCUT2D eigenvalue weighted by atomic mass is 9.71. The maximum absolute atomic E-state index is 10.3. The van der Waals surface area contributed by atoms with Crippen LogP contribution in [0.2, 0.25) is 0 Å². The van der Waals surface area contributed by atoms with Crippen LogP contribution in [0.4, 0.5) is 0 Å². The summed E-state index contributed by atoms with van der Waals surface area (Å²) in [5.41, 5.74) is 0.0156. The molecule has 0 aromatic rings. The van der Waals surface area contributed by atoms with E-state index in [1.54, 1.807) is 0 Å². The van der Waals surface area contributed by atoms with E-state index in [4.69, 9.17) is 0 Å². The van der Waals surface area contributed by atoms with Gasteiger partial charge in [0.25, 0.3) is 0 Å². The van der Waals surface area contributed by atoms with Crippen molar-refractivity contribution in [1.29, 1.82) is 0 Å². The van der Waals surface area contributed by atoms with Crippen molar-refractivity contribution < 1.29 is 5.11 Å². The average Bonchev–Trinajstić information content (AvgIpc) is 2.12. The van der Waals surface area contributed by atoms with E-state index in [9.17, 15) is 5.11 Å². The highest BCUT2D eigenvalue weighted by Crippen LogP contribution is 2.39. The molecule has 0 aromatic heterocycles. The summed E-state index contributed by atoms with van der Waals surface area (Å²) in [5.74, 6) is 0. The second-order valence-electron chi connectivity index (χ2n) is 5.57. The molecule has 0 aromatic carbocycles. The van der Waals surface area contributed by atoms with Crippen molar-refractivity contribution in [3.8, 4) is 0 Å². The van der Waals surface area contributed by atoms with Crippen molar-refractivity contribution in [2.45, 2.75) is 58.5 Å². The zero-order valence-electron chi connectivity index (χ0n) is 9.90. The maximum atomic E-state index is 10.3. The lowest BCUT2D eigenvalue weighted by Crippen LogP contribution is -2.45. The molecule has 0 saturated heterocycles. The molecule has 0 amide bonds. The SMILES string of the molecule is CCCNCC1(O)CCC(C)(C)CC1. The maximum Gasteiger partial charge on any atom is 0.0772 e. The molecule has 14 heavy (non-hydrogen) atoms. The van der Waals surface area contributed by atoms with Crippen LogP contribution < -0.4 is 5.32 Å². The van der Waals surface area contributed by atoms with E-state index in [-0.39, 0.29) is 0 Å². The van der Waals surface area contributed by atoms with Crippen LogP contribution in [-0.4, -0.2) is 23.8 Å². The van der Waals surface area contributed by atoms with Gasteiger partial charge in [0.1, 0.15) is 0 Å². The van der Waals surface area contributed by atoms with Crippen molar-refractivity contribution in [3.05, 3.63) is 0 Å². The van der Waals surface area contributed by atoms with Gasteiger partial charge in [-0.1, -0.05) is 20.8 Å². The van der Waals surface area contributed by atoms with Crippen molar-refractivity contribution >= 4 is 0 Å². The minimum atomic E-state index is -0.426. The van der Waals surface area contributed by atoms with Gasteiger partial charge in [-0.05, 0) is 44.1 Å². The van der Waals surface area contributed by atoms with Gasteiger partial charge >= 0.3 is 0 Å². The Balaban J connectivity index is 2.30. The summed E-state index contributed by atoms with van der Waals surface area (Å²) >= 11 is 0. The van der Waals surface area contributed by atoms with Gasteiger partial charge in [0.05, 0.1) is 5.60 Å². The first kappa shape index (κ1) is 12.0. The predicted octanol–water partition coefficient (Wildman–Crippen LogP) is 2.32. The minimum Gasteiger partial charge on any atom is -0.389 e. The monoisotopic (exact) mass is 199 g/mol. The van der Waals surface area contributed by atoms with Crippen molar-refractivity contribution in [2.24, 2.45) is 5.41 Å². The van der Waals surface area contributed by atoms with Gasteiger partial charge < -0.3 is 10.4 Å². The third-order valence-corrected chi connectivity index (χ3v) is 3.42. The third-order valence-electron chi connectivity index (χ3n) is 3.42. The largest absolute Gasteiger partial charge is 0.389 e. The number of hydrogen-bond acceptors (Lipinski definition) is 2. The molecule has 0 bridgehead atoms. The number of hydrogen-bond donors (Lipinski definition) is 2. The minimum absolute atomic E-state index is 0.426. The van der Waals surface area contributed by atoms with E-state index in [0.717, 1.165) is 45.2 Å². The summed E-state index contributed by atoms with van der Waals surface area (Å²) in [6.45, 7) is 8.54. The summed E-state index contributed by atoms with van der Waals surface area (Å²) in [4.78, 5) is 0. The van der Waals surface area contributed by atoms with Crippen LogP contribution in [-0.2, 0) is 0 Å². The summed E-state index contributed by atoms with van der Waals surface area (Å²) in [7, 11) is 0. The molecule has 0 radical (unpaired) electrons. The fraction of sp³-hybridized carbons (Fsp3) is 1.00. The molecule has 0 spiro atoms. The molecule has 0 heterocycles. The molecule has 0 atom stereocenters. The molecule has 1 rings (SSSR count). The molecule has 0 unspecified atom stereocenters. The number of aliphatic hydroxyl groups is 1. The molecule has 0 aliphatic heterocycles. The van der Waals surface area contributed by atoms with Crippen LogP contribution >= 0.6 is 0 Å². The van der Waals surface area contributed by atoms with Gasteiger partial charge in [0.15, 0.2) is 0 Å². The van der Waals surface area contributed by atoms with E-state index < -0.39 is 5.60 Å². The Hall–Kier alpha value is -0.0800. The molecule has 84 valence electrons. The van der Waals surface area contributed by atoms with Crippen molar-refractivity contribution in [2.75, 3.05) is 13.1 Å². The quantitative estimate of drug-likeness (QED) is 0.681. The normalized spacial score (nSPS) is 24.9. The van der Waals surface area contributed by atoms with E-state index in [1.807, 2.05) is 0 Å². The molecule has 1 aliphatic carbocycles. The highest BCUT2D eigenvalue weighted by molar-refractivity contribution is 4.90. The first-order chi connectivity index (χ1) is 6.47. The lowest BCUT2D eigenvalue weighted by molar-refractivity contribution is -0.0241. The Morgan fingerprint density at radius 1 is 1.14 bits per heavy atom. The third kappa shape index (κ3) is 3.58. The summed E-state index contributed by atoms with van der Waals surface area (Å²) in [6, 6.07) is 0. The zero-order chi connectivity index (χ0) is 10.7. The first-order valence-corrected chi connectivity index (χ1v) is 5.91. The standard InChI is InChI=1S/C12H25NO/c1-4-9-13-10-12(14)7-5-11(2,3)6-8-12/h13-14H,4-10H2,1-3H3. The van der Waals surface area contributed by atoms with Gasteiger partial charge in [-0.25, -0.2) is 0 Å². The van der Waals surface area contributed by atoms with E-state index in [2.05, 4.69) is 26.1 Å². The highest BCUT2D eigenvalue weighted by Gasteiger charge is 2.35. The molecule has 1 saturated carbocycles.